The molecule has 2 heteroatoms. The number of rotatable bonds is 12. The average molecular weight is 361 g/mol. The summed E-state index contributed by atoms with van der Waals surface area (Å²) in [6, 6.07) is 0. The molecule has 0 N–H and O–H groups in total. The fourth-order valence-corrected chi connectivity index (χ4v) is 19.5. The van der Waals surface area contributed by atoms with Gasteiger partial charge in [-0.25, -0.2) is 0 Å². The Morgan fingerprint density at radius 2 is 1.28 bits per heavy atom. The zero-order valence-corrected chi connectivity index (χ0v) is 15.8. The second kappa shape index (κ2) is 9.63. The topological polar surface area (TPSA) is 12.5 Å². The SMILES string of the molecule is CCC[CH2][Sn]([CH2]CCC)([CH2]CCC)[CH2]CC1CO1. The van der Waals surface area contributed by atoms with Crippen molar-refractivity contribution < 1.29 is 4.74 Å². The van der Waals surface area contributed by atoms with E-state index in [9.17, 15) is 0 Å². The quantitative estimate of drug-likeness (QED) is 0.325. The van der Waals surface area contributed by atoms with Crippen LogP contribution in [0.1, 0.15) is 65.7 Å². The van der Waals surface area contributed by atoms with E-state index >= 15 is 0 Å². The van der Waals surface area contributed by atoms with Gasteiger partial charge in [0.15, 0.2) is 0 Å². The Morgan fingerprint density at radius 1 is 0.833 bits per heavy atom. The molecule has 0 aromatic carbocycles. The molecule has 1 nitrogen and oxygen atoms in total. The van der Waals surface area contributed by atoms with E-state index in [2.05, 4.69) is 20.8 Å². The van der Waals surface area contributed by atoms with E-state index < -0.39 is 18.4 Å². The van der Waals surface area contributed by atoms with Gasteiger partial charge in [-0.2, -0.15) is 0 Å². The van der Waals surface area contributed by atoms with Crippen molar-refractivity contribution in [1.82, 2.24) is 0 Å². The third-order valence-corrected chi connectivity index (χ3v) is 20.5. The molecule has 1 rings (SSSR count). The van der Waals surface area contributed by atoms with E-state index in [1.54, 1.807) is 17.7 Å². The van der Waals surface area contributed by atoms with Gasteiger partial charge in [-0.3, -0.25) is 0 Å². The van der Waals surface area contributed by atoms with E-state index in [0.717, 1.165) is 6.61 Å². The normalized spacial score (nSPS) is 19.2. The summed E-state index contributed by atoms with van der Waals surface area (Å²) in [5.41, 5.74) is 0. The van der Waals surface area contributed by atoms with Gasteiger partial charge in [-0.1, -0.05) is 0 Å². The number of hydrogen-bond donors (Lipinski definition) is 0. The molecule has 1 fully saturated rings. The summed E-state index contributed by atoms with van der Waals surface area (Å²) >= 11 is -1.78. The third-order valence-electron chi connectivity index (χ3n) is 4.58. The molecule has 0 radical (unpaired) electrons. The van der Waals surface area contributed by atoms with E-state index in [-0.39, 0.29) is 0 Å². The zero-order valence-electron chi connectivity index (χ0n) is 13.0. The Hall–Kier alpha value is 0.759. The first-order chi connectivity index (χ1) is 8.76. The van der Waals surface area contributed by atoms with Crippen LogP contribution in [0.2, 0.25) is 17.7 Å². The van der Waals surface area contributed by atoms with Gasteiger partial charge in [0.05, 0.1) is 0 Å². The van der Waals surface area contributed by atoms with Crippen molar-refractivity contribution in [3.63, 3.8) is 0 Å². The first-order valence-corrected chi connectivity index (χ1v) is 16.4. The van der Waals surface area contributed by atoms with Gasteiger partial charge < -0.3 is 0 Å². The van der Waals surface area contributed by atoms with Crippen molar-refractivity contribution in [2.45, 2.75) is 89.6 Å². The fourth-order valence-electron chi connectivity index (χ4n) is 3.11. The Labute approximate surface area is 119 Å². The summed E-state index contributed by atoms with van der Waals surface area (Å²) in [6.45, 7) is 8.15. The first kappa shape index (κ1) is 16.8. The Morgan fingerprint density at radius 3 is 1.61 bits per heavy atom. The zero-order chi connectivity index (χ0) is 13.3. The Bertz CT molecular complexity index is 179. The summed E-state index contributed by atoms with van der Waals surface area (Å²) in [4.78, 5) is 0. The summed E-state index contributed by atoms with van der Waals surface area (Å²) in [7, 11) is 0. The van der Waals surface area contributed by atoms with Crippen LogP contribution in [0.5, 0.6) is 0 Å². The van der Waals surface area contributed by atoms with Crippen molar-refractivity contribution >= 4 is 18.4 Å². The maximum atomic E-state index is 5.45. The summed E-state index contributed by atoms with van der Waals surface area (Å²) in [6.07, 6.45) is 10.8. The van der Waals surface area contributed by atoms with Crippen molar-refractivity contribution in [2.24, 2.45) is 0 Å². The van der Waals surface area contributed by atoms with Crippen LogP contribution in [0.4, 0.5) is 0 Å². The molecule has 18 heavy (non-hydrogen) atoms. The molecule has 0 aromatic heterocycles. The maximum absolute atomic E-state index is 5.45. The standard InChI is InChI=1S/C4H7O.3C4H9.Sn/c1-2-4-3-5-4;3*1-3-4-2;/h4H,1-3H2;3*1,3-4H2,2H3;. The van der Waals surface area contributed by atoms with Gasteiger partial charge in [0, 0.05) is 0 Å². The molecule has 0 bridgehead atoms. The molecule has 108 valence electrons. The van der Waals surface area contributed by atoms with Crippen LogP contribution in [0, 0.1) is 0 Å². The van der Waals surface area contributed by atoms with E-state index in [4.69, 9.17) is 4.74 Å². The van der Waals surface area contributed by atoms with Crippen LogP contribution in [-0.2, 0) is 4.74 Å². The minimum atomic E-state index is -1.78. The summed E-state index contributed by atoms with van der Waals surface area (Å²) in [5, 5.41) is 0. The predicted octanol–water partition coefficient (Wildman–Crippen LogP) is 5.62. The van der Waals surface area contributed by atoms with Crippen LogP contribution in [0.15, 0.2) is 0 Å². The molecule has 1 heterocycles. The number of epoxide rings is 1. The summed E-state index contributed by atoms with van der Waals surface area (Å²) < 4.78 is 12.1. The van der Waals surface area contributed by atoms with Crippen LogP contribution in [-0.4, -0.2) is 31.1 Å². The van der Waals surface area contributed by atoms with Crippen molar-refractivity contribution in [2.75, 3.05) is 6.61 Å². The van der Waals surface area contributed by atoms with Crippen LogP contribution in [0.3, 0.4) is 0 Å². The molecule has 0 saturated carbocycles. The molecule has 0 aromatic rings. The van der Waals surface area contributed by atoms with Gasteiger partial charge in [-0.05, 0) is 0 Å². The van der Waals surface area contributed by atoms with Crippen molar-refractivity contribution in [3.8, 4) is 0 Å². The Kier molecular flexibility index (Phi) is 8.99. The van der Waals surface area contributed by atoms with Crippen LogP contribution in [0.25, 0.3) is 0 Å². The average Bonchev–Trinajstić information content (AvgIpc) is 3.21. The van der Waals surface area contributed by atoms with Gasteiger partial charge in [-0.15, -0.1) is 0 Å². The molecule has 1 unspecified atom stereocenters. The molecule has 0 spiro atoms. The molecule has 0 amide bonds. The van der Waals surface area contributed by atoms with Gasteiger partial charge in [0.2, 0.25) is 0 Å². The third kappa shape index (κ3) is 6.79. The molecule has 1 aliphatic rings. The fraction of sp³-hybridized carbons (Fsp3) is 1.00. The van der Waals surface area contributed by atoms with E-state index in [1.807, 2.05) is 0 Å². The number of unbranched alkanes of at least 4 members (excludes halogenated alkanes) is 3. The molecular formula is C16H34OSn. The van der Waals surface area contributed by atoms with Crippen LogP contribution < -0.4 is 0 Å². The number of hydrogen-bond acceptors (Lipinski definition) is 1. The molecule has 1 saturated heterocycles. The van der Waals surface area contributed by atoms with Gasteiger partial charge >= 0.3 is 119 Å². The van der Waals surface area contributed by atoms with Crippen molar-refractivity contribution in [3.05, 3.63) is 0 Å². The molecule has 0 aliphatic carbocycles. The number of ether oxygens (including phenoxy) is 1. The van der Waals surface area contributed by atoms with E-state index in [1.165, 1.54) is 44.9 Å². The monoisotopic (exact) mass is 362 g/mol. The minimum absolute atomic E-state index is 0.672. The Balaban J connectivity index is 2.49. The van der Waals surface area contributed by atoms with Crippen molar-refractivity contribution in [1.29, 1.82) is 0 Å². The van der Waals surface area contributed by atoms with Crippen LogP contribution >= 0.6 is 0 Å². The van der Waals surface area contributed by atoms with E-state index in [0.29, 0.717) is 6.10 Å². The molecule has 1 aliphatic heterocycles. The predicted molar refractivity (Wildman–Crippen MR) is 84.1 cm³/mol. The first-order valence-electron chi connectivity index (χ1n) is 8.38. The van der Waals surface area contributed by atoms with Gasteiger partial charge in [0.1, 0.15) is 0 Å². The second-order valence-electron chi connectivity index (χ2n) is 6.30. The summed E-state index contributed by atoms with van der Waals surface area (Å²) in [5.74, 6) is 0. The van der Waals surface area contributed by atoms with Gasteiger partial charge in [0.25, 0.3) is 0 Å². The second-order valence-corrected chi connectivity index (χ2v) is 20.6. The molecule has 1 atom stereocenters. The molecular weight excluding hydrogens is 327 g/mol.